The van der Waals surface area contributed by atoms with E-state index in [1.807, 2.05) is 12.1 Å². The summed E-state index contributed by atoms with van der Waals surface area (Å²) in [5, 5.41) is 6.79. The molecule has 5 nitrogen and oxygen atoms in total. The lowest BCUT2D eigenvalue weighted by molar-refractivity contribution is -0.118. The van der Waals surface area contributed by atoms with Crippen molar-refractivity contribution in [2.75, 3.05) is 11.9 Å². The fraction of sp³-hybridized carbons (Fsp3) is 0.333. The van der Waals surface area contributed by atoms with Crippen molar-refractivity contribution in [3.63, 3.8) is 0 Å². The summed E-state index contributed by atoms with van der Waals surface area (Å²) >= 11 is 6.27. The van der Waals surface area contributed by atoms with Crippen molar-refractivity contribution < 1.29 is 4.79 Å². The van der Waals surface area contributed by atoms with Gasteiger partial charge in [-0.15, -0.1) is 0 Å². The first-order valence-corrected chi connectivity index (χ1v) is 7.44. The van der Waals surface area contributed by atoms with E-state index in [1.54, 1.807) is 29.4 Å². The maximum Gasteiger partial charge on any atom is 0.241 e. The highest BCUT2D eigenvalue weighted by molar-refractivity contribution is 6.33. The number of benzene rings is 1. The van der Waals surface area contributed by atoms with Crippen molar-refractivity contribution in [2.24, 2.45) is 0 Å². The molecule has 1 unspecified atom stereocenters. The van der Waals surface area contributed by atoms with Crippen molar-refractivity contribution in [2.45, 2.75) is 25.3 Å². The molecule has 6 heteroatoms. The Kier molecular flexibility index (Phi) is 4.22. The van der Waals surface area contributed by atoms with Crippen LogP contribution < -0.4 is 10.6 Å². The molecule has 2 aromatic rings. The van der Waals surface area contributed by atoms with Crippen LogP contribution in [0.1, 0.15) is 19.3 Å². The van der Waals surface area contributed by atoms with Crippen LogP contribution in [0.3, 0.4) is 0 Å². The van der Waals surface area contributed by atoms with Crippen molar-refractivity contribution in [1.82, 2.24) is 14.9 Å². The van der Waals surface area contributed by atoms with Crippen LogP contribution in [0.5, 0.6) is 0 Å². The number of nitrogens with one attached hydrogen (secondary N) is 2. The van der Waals surface area contributed by atoms with Gasteiger partial charge >= 0.3 is 0 Å². The third-order valence-corrected chi connectivity index (χ3v) is 3.94. The van der Waals surface area contributed by atoms with Gasteiger partial charge in [0.1, 0.15) is 0 Å². The minimum Gasteiger partial charge on any atom is -0.323 e. The lowest BCUT2D eigenvalue weighted by Gasteiger charge is -2.23. The molecule has 1 fully saturated rings. The highest BCUT2D eigenvalue weighted by atomic mass is 35.5. The molecule has 0 bridgehead atoms. The molecule has 1 aromatic carbocycles. The molecule has 2 heterocycles. The Hall–Kier alpha value is -1.85. The van der Waals surface area contributed by atoms with Gasteiger partial charge in [-0.1, -0.05) is 24.1 Å². The predicted octanol–water partition coefficient (Wildman–Crippen LogP) is 2.61. The average Bonchev–Trinajstić information content (AvgIpc) is 3.02. The van der Waals surface area contributed by atoms with E-state index >= 15 is 0 Å². The molecule has 1 saturated heterocycles. The first kappa shape index (κ1) is 14.1. The lowest BCUT2D eigenvalue weighted by atomic mass is 10.0. The molecular weight excluding hydrogens is 288 g/mol. The highest BCUT2D eigenvalue weighted by Gasteiger charge is 2.21. The van der Waals surface area contributed by atoms with Crippen molar-refractivity contribution in [3.8, 4) is 5.69 Å². The molecule has 21 heavy (non-hydrogen) atoms. The Morgan fingerprint density at radius 1 is 1.43 bits per heavy atom. The van der Waals surface area contributed by atoms with Crippen LogP contribution in [0.4, 0.5) is 5.69 Å². The maximum atomic E-state index is 12.4. The van der Waals surface area contributed by atoms with Crippen LogP contribution in [-0.4, -0.2) is 28.0 Å². The number of halogens is 1. The Labute approximate surface area is 128 Å². The summed E-state index contributed by atoms with van der Waals surface area (Å²) in [6.45, 7) is 0.891. The van der Waals surface area contributed by atoms with Crippen LogP contribution in [0.15, 0.2) is 36.9 Å². The van der Waals surface area contributed by atoms with E-state index in [2.05, 4.69) is 15.6 Å². The smallest absolute Gasteiger partial charge is 0.241 e. The molecule has 3 rings (SSSR count). The van der Waals surface area contributed by atoms with Gasteiger partial charge in [-0.3, -0.25) is 4.79 Å². The Morgan fingerprint density at radius 3 is 3.05 bits per heavy atom. The molecule has 1 aliphatic rings. The topological polar surface area (TPSA) is 59.0 Å². The van der Waals surface area contributed by atoms with Gasteiger partial charge in [0.15, 0.2) is 0 Å². The fourth-order valence-electron chi connectivity index (χ4n) is 2.57. The minimum absolute atomic E-state index is 0.0154. The first-order chi connectivity index (χ1) is 10.3. The third-order valence-electron chi connectivity index (χ3n) is 3.63. The summed E-state index contributed by atoms with van der Waals surface area (Å²) < 4.78 is 1.80. The Balaban J connectivity index is 1.85. The molecule has 1 aliphatic heterocycles. The average molecular weight is 305 g/mol. The number of aromatic nitrogens is 2. The zero-order chi connectivity index (χ0) is 14.7. The van der Waals surface area contributed by atoms with Crippen LogP contribution >= 0.6 is 11.6 Å². The number of carbonyl (C=O) groups excluding carboxylic acids is 1. The summed E-state index contributed by atoms with van der Waals surface area (Å²) in [6.07, 6.45) is 8.21. The van der Waals surface area contributed by atoms with E-state index < -0.39 is 0 Å². The molecule has 110 valence electrons. The second kappa shape index (κ2) is 6.28. The van der Waals surface area contributed by atoms with E-state index in [4.69, 9.17) is 11.6 Å². The lowest BCUT2D eigenvalue weighted by Crippen LogP contribution is -2.43. The third kappa shape index (κ3) is 3.09. The van der Waals surface area contributed by atoms with Gasteiger partial charge in [-0.05, 0) is 31.5 Å². The zero-order valence-electron chi connectivity index (χ0n) is 11.6. The molecule has 1 amide bonds. The van der Waals surface area contributed by atoms with Gasteiger partial charge in [0.25, 0.3) is 0 Å². The molecule has 0 saturated carbocycles. The van der Waals surface area contributed by atoms with E-state index in [-0.39, 0.29) is 11.9 Å². The van der Waals surface area contributed by atoms with Crippen molar-refractivity contribution >= 4 is 23.2 Å². The second-order valence-electron chi connectivity index (χ2n) is 5.10. The number of carbonyl (C=O) groups is 1. The predicted molar refractivity (Wildman–Crippen MR) is 82.8 cm³/mol. The second-order valence-corrected chi connectivity index (χ2v) is 5.50. The molecule has 0 radical (unpaired) electrons. The summed E-state index contributed by atoms with van der Waals surface area (Å²) in [7, 11) is 0. The highest BCUT2D eigenvalue weighted by Crippen LogP contribution is 2.28. The number of para-hydroxylation sites is 1. The largest absolute Gasteiger partial charge is 0.323 e. The summed E-state index contributed by atoms with van der Waals surface area (Å²) in [5.41, 5.74) is 1.43. The van der Waals surface area contributed by atoms with Crippen LogP contribution in [0, 0.1) is 0 Å². The van der Waals surface area contributed by atoms with E-state index in [1.165, 1.54) is 0 Å². The number of rotatable bonds is 3. The van der Waals surface area contributed by atoms with Gasteiger partial charge in [0.05, 0.1) is 28.8 Å². The van der Waals surface area contributed by atoms with Gasteiger partial charge in [0, 0.05) is 12.4 Å². The molecule has 1 atom stereocenters. The van der Waals surface area contributed by atoms with Gasteiger partial charge < -0.3 is 15.2 Å². The number of anilines is 1. The van der Waals surface area contributed by atoms with E-state index in [9.17, 15) is 4.79 Å². The number of nitrogens with zero attached hydrogens (tertiary/aromatic N) is 2. The number of hydrogen-bond acceptors (Lipinski definition) is 3. The normalized spacial score (nSPS) is 18.4. The van der Waals surface area contributed by atoms with Crippen LogP contribution in [0.25, 0.3) is 5.69 Å². The molecular formula is C15H17ClN4O. The monoisotopic (exact) mass is 304 g/mol. The summed E-state index contributed by atoms with van der Waals surface area (Å²) in [4.78, 5) is 16.4. The van der Waals surface area contributed by atoms with Crippen molar-refractivity contribution in [1.29, 1.82) is 0 Å². The standard InChI is InChI=1S/C15H17ClN4O/c16-11-4-3-6-12(14(11)20-9-8-17-10-20)19-15(21)13-5-1-2-7-18-13/h3-4,6,8-10,13,18H,1-2,5,7H2,(H,19,21). The van der Waals surface area contributed by atoms with E-state index in [0.717, 1.165) is 31.5 Å². The molecule has 0 spiro atoms. The Morgan fingerprint density at radius 2 is 2.33 bits per heavy atom. The van der Waals surface area contributed by atoms with E-state index in [0.29, 0.717) is 10.7 Å². The number of imidazole rings is 1. The van der Waals surface area contributed by atoms with Gasteiger partial charge in [0.2, 0.25) is 5.91 Å². The quantitative estimate of drug-likeness (QED) is 0.916. The molecule has 0 aliphatic carbocycles. The molecule has 1 aromatic heterocycles. The minimum atomic E-state index is -0.131. The van der Waals surface area contributed by atoms with Crippen LogP contribution in [-0.2, 0) is 4.79 Å². The maximum absolute atomic E-state index is 12.4. The Bertz CT molecular complexity index is 621. The summed E-state index contributed by atoms with van der Waals surface area (Å²) in [6, 6.07) is 5.34. The fourth-order valence-corrected chi connectivity index (χ4v) is 2.84. The van der Waals surface area contributed by atoms with Gasteiger partial charge in [-0.25, -0.2) is 4.98 Å². The number of piperidine rings is 1. The number of hydrogen-bond donors (Lipinski definition) is 2. The zero-order valence-corrected chi connectivity index (χ0v) is 12.3. The SMILES string of the molecule is O=C(Nc1cccc(Cl)c1-n1ccnc1)C1CCCCN1. The van der Waals surface area contributed by atoms with Crippen molar-refractivity contribution in [3.05, 3.63) is 41.9 Å². The van der Waals surface area contributed by atoms with Crippen LogP contribution in [0.2, 0.25) is 5.02 Å². The molecule has 2 N–H and O–H groups in total. The number of amides is 1. The first-order valence-electron chi connectivity index (χ1n) is 7.07. The summed E-state index contributed by atoms with van der Waals surface area (Å²) in [5.74, 6) is -0.0154. The van der Waals surface area contributed by atoms with Gasteiger partial charge in [-0.2, -0.15) is 0 Å².